The van der Waals surface area contributed by atoms with Crippen LogP contribution in [0.4, 0.5) is 0 Å². The summed E-state index contributed by atoms with van der Waals surface area (Å²) in [7, 11) is 1.86. The molecular formula is C12H13N3. The number of nitriles is 1. The molecule has 3 heteroatoms. The van der Waals surface area contributed by atoms with Gasteiger partial charge in [0.25, 0.3) is 0 Å². The van der Waals surface area contributed by atoms with E-state index in [-0.39, 0.29) is 5.92 Å². The van der Waals surface area contributed by atoms with E-state index < -0.39 is 0 Å². The van der Waals surface area contributed by atoms with Gasteiger partial charge in [0, 0.05) is 23.6 Å². The van der Waals surface area contributed by atoms with Crippen LogP contribution in [0.2, 0.25) is 0 Å². The number of likely N-dealkylation sites (N-methyl/N-ethyl adjacent to an activating group) is 1. The number of para-hydroxylation sites is 1. The third kappa shape index (κ3) is 1.72. The minimum atomic E-state index is -0.0915. The third-order valence-corrected chi connectivity index (χ3v) is 2.56. The van der Waals surface area contributed by atoms with Gasteiger partial charge in [0.15, 0.2) is 0 Å². The van der Waals surface area contributed by atoms with E-state index in [4.69, 9.17) is 5.26 Å². The molecule has 1 aromatic heterocycles. The van der Waals surface area contributed by atoms with Gasteiger partial charge in [0.05, 0.1) is 12.0 Å². The van der Waals surface area contributed by atoms with Crippen LogP contribution in [0.1, 0.15) is 11.5 Å². The highest BCUT2D eigenvalue weighted by Gasteiger charge is 2.13. The van der Waals surface area contributed by atoms with Crippen molar-refractivity contribution in [2.75, 3.05) is 13.6 Å². The minimum Gasteiger partial charge on any atom is -0.361 e. The number of H-pyrrole nitrogens is 1. The molecule has 2 aromatic rings. The number of rotatable bonds is 3. The number of nitrogens with one attached hydrogen (secondary N) is 2. The van der Waals surface area contributed by atoms with Crippen molar-refractivity contribution in [1.29, 1.82) is 5.26 Å². The topological polar surface area (TPSA) is 51.6 Å². The van der Waals surface area contributed by atoms with Crippen LogP contribution in [-0.2, 0) is 0 Å². The molecule has 0 saturated heterocycles. The predicted octanol–water partition coefficient (Wildman–Crippen LogP) is 1.99. The lowest BCUT2D eigenvalue weighted by atomic mass is 10.0. The van der Waals surface area contributed by atoms with Crippen LogP contribution in [0.15, 0.2) is 30.5 Å². The van der Waals surface area contributed by atoms with Gasteiger partial charge in [-0.05, 0) is 18.7 Å². The normalized spacial score (nSPS) is 12.5. The third-order valence-electron chi connectivity index (χ3n) is 2.56. The summed E-state index contributed by atoms with van der Waals surface area (Å²) in [5, 5.41) is 13.3. The molecule has 1 aromatic carbocycles. The molecule has 0 amide bonds. The largest absolute Gasteiger partial charge is 0.361 e. The Morgan fingerprint density at radius 1 is 1.47 bits per heavy atom. The number of fused-ring (bicyclic) bond motifs is 1. The molecule has 1 unspecified atom stereocenters. The summed E-state index contributed by atoms with van der Waals surface area (Å²) in [6.07, 6.45) is 1.93. The summed E-state index contributed by atoms with van der Waals surface area (Å²) < 4.78 is 0. The van der Waals surface area contributed by atoms with Crippen LogP contribution in [-0.4, -0.2) is 18.6 Å². The lowest BCUT2D eigenvalue weighted by Crippen LogP contribution is -2.15. The first kappa shape index (κ1) is 9.75. The Kier molecular flexibility index (Phi) is 2.70. The van der Waals surface area contributed by atoms with Crippen molar-refractivity contribution in [1.82, 2.24) is 10.3 Å². The fraction of sp³-hybridized carbons (Fsp3) is 0.250. The van der Waals surface area contributed by atoms with E-state index in [0.29, 0.717) is 6.54 Å². The Bertz CT molecular complexity index is 493. The Morgan fingerprint density at radius 2 is 2.27 bits per heavy atom. The smallest absolute Gasteiger partial charge is 0.0857 e. The van der Waals surface area contributed by atoms with Crippen molar-refractivity contribution < 1.29 is 0 Å². The molecule has 1 heterocycles. The molecule has 2 rings (SSSR count). The van der Waals surface area contributed by atoms with Crippen molar-refractivity contribution in [2.45, 2.75) is 5.92 Å². The number of nitrogens with zero attached hydrogens (tertiary/aromatic N) is 1. The van der Waals surface area contributed by atoms with Crippen LogP contribution < -0.4 is 5.32 Å². The number of benzene rings is 1. The maximum atomic E-state index is 9.08. The van der Waals surface area contributed by atoms with Crippen molar-refractivity contribution in [3.8, 4) is 6.07 Å². The summed E-state index contributed by atoms with van der Waals surface area (Å²) >= 11 is 0. The molecule has 0 aliphatic heterocycles. The van der Waals surface area contributed by atoms with Crippen molar-refractivity contribution in [2.24, 2.45) is 0 Å². The SMILES string of the molecule is CNCC(C#N)c1c[nH]c2ccccc12. The van der Waals surface area contributed by atoms with Crippen LogP contribution in [0.3, 0.4) is 0 Å². The van der Waals surface area contributed by atoms with E-state index in [0.717, 1.165) is 16.5 Å². The molecule has 3 nitrogen and oxygen atoms in total. The van der Waals surface area contributed by atoms with Gasteiger partial charge < -0.3 is 10.3 Å². The van der Waals surface area contributed by atoms with Crippen LogP contribution in [0.25, 0.3) is 10.9 Å². The molecule has 0 fully saturated rings. The molecule has 0 saturated carbocycles. The highest BCUT2D eigenvalue weighted by Crippen LogP contribution is 2.24. The van der Waals surface area contributed by atoms with Gasteiger partial charge in [-0.25, -0.2) is 0 Å². The number of aromatic nitrogens is 1. The standard InChI is InChI=1S/C12H13N3/c1-14-7-9(6-13)11-8-15-12-5-3-2-4-10(11)12/h2-5,8-9,14-15H,7H2,1H3. The predicted molar refractivity (Wildman–Crippen MR) is 60.6 cm³/mol. The number of aromatic amines is 1. The monoisotopic (exact) mass is 199 g/mol. The molecule has 0 aliphatic carbocycles. The quantitative estimate of drug-likeness (QED) is 0.794. The van der Waals surface area contributed by atoms with Crippen molar-refractivity contribution in [3.63, 3.8) is 0 Å². The van der Waals surface area contributed by atoms with Crippen molar-refractivity contribution in [3.05, 3.63) is 36.0 Å². The average molecular weight is 199 g/mol. The summed E-state index contributed by atoms with van der Waals surface area (Å²) in [6.45, 7) is 0.679. The molecule has 15 heavy (non-hydrogen) atoms. The summed E-state index contributed by atoms with van der Waals surface area (Å²) in [4.78, 5) is 3.18. The van der Waals surface area contributed by atoms with E-state index >= 15 is 0 Å². The lowest BCUT2D eigenvalue weighted by Gasteiger charge is -2.06. The zero-order valence-corrected chi connectivity index (χ0v) is 8.62. The number of hydrogen-bond acceptors (Lipinski definition) is 2. The summed E-state index contributed by atoms with van der Waals surface area (Å²) in [5.74, 6) is -0.0915. The number of hydrogen-bond donors (Lipinski definition) is 2. The maximum absolute atomic E-state index is 9.08. The lowest BCUT2D eigenvalue weighted by molar-refractivity contribution is 0.737. The highest BCUT2D eigenvalue weighted by molar-refractivity contribution is 5.84. The van der Waals surface area contributed by atoms with Crippen LogP contribution >= 0.6 is 0 Å². The van der Waals surface area contributed by atoms with Gasteiger partial charge in [-0.1, -0.05) is 18.2 Å². The van der Waals surface area contributed by atoms with Gasteiger partial charge in [-0.15, -0.1) is 0 Å². The Morgan fingerprint density at radius 3 is 3.00 bits per heavy atom. The van der Waals surface area contributed by atoms with Gasteiger partial charge in [-0.3, -0.25) is 0 Å². The molecule has 2 N–H and O–H groups in total. The second-order valence-corrected chi connectivity index (χ2v) is 3.53. The first-order valence-electron chi connectivity index (χ1n) is 4.97. The molecular weight excluding hydrogens is 186 g/mol. The molecule has 0 radical (unpaired) electrons. The molecule has 0 spiro atoms. The Hall–Kier alpha value is -1.79. The second kappa shape index (κ2) is 4.16. The van der Waals surface area contributed by atoms with Gasteiger partial charge in [0.1, 0.15) is 0 Å². The summed E-state index contributed by atoms with van der Waals surface area (Å²) in [6, 6.07) is 10.4. The van der Waals surface area contributed by atoms with Crippen LogP contribution in [0.5, 0.6) is 0 Å². The van der Waals surface area contributed by atoms with E-state index in [1.54, 1.807) is 0 Å². The molecule has 0 bridgehead atoms. The fourth-order valence-electron chi connectivity index (χ4n) is 1.81. The first-order valence-corrected chi connectivity index (χ1v) is 4.97. The zero-order chi connectivity index (χ0) is 10.7. The maximum Gasteiger partial charge on any atom is 0.0857 e. The van der Waals surface area contributed by atoms with E-state index in [9.17, 15) is 0 Å². The highest BCUT2D eigenvalue weighted by atomic mass is 14.8. The van der Waals surface area contributed by atoms with E-state index in [1.165, 1.54) is 0 Å². The Balaban J connectivity index is 2.47. The van der Waals surface area contributed by atoms with Gasteiger partial charge in [0.2, 0.25) is 0 Å². The van der Waals surface area contributed by atoms with E-state index in [2.05, 4.69) is 16.4 Å². The van der Waals surface area contributed by atoms with Gasteiger partial charge in [-0.2, -0.15) is 5.26 Å². The Labute approximate surface area is 88.7 Å². The molecule has 0 aliphatic rings. The summed E-state index contributed by atoms with van der Waals surface area (Å²) in [5.41, 5.74) is 2.16. The molecule has 76 valence electrons. The van der Waals surface area contributed by atoms with Crippen LogP contribution in [0, 0.1) is 11.3 Å². The van der Waals surface area contributed by atoms with Gasteiger partial charge >= 0.3 is 0 Å². The minimum absolute atomic E-state index is 0.0915. The molecule has 1 atom stereocenters. The second-order valence-electron chi connectivity index (χ2n) is 3.53. The van der Waals surface area contributed by atoms with Crippen molar-refractivity contribution >= 4 is 10.9 Å². The average Bonchev–Trinajstić information content (AvgIpc) is 2.70. The first-order chi connectivity index (χ1) is 7.36. The zero-order valence-electron chi connectivity index (χ0n) is 8.62. The van der Waals surface area contributed by atoms with E-state index in [1.807, 2.05) is 37.5 Å². The fourth-order valence-corrected chi connectivity index (χ4v) is 1.81.